The van der Waals surface area contributed by atoms with Crippen molar-refractivity contribution < 1.29 is 0 Å². The van der Waals surface area contributed by atoms with Crippen molar-refractivity contribution in [3.8, 4) is 0 Å². The Hall–Kier alpha value is -0.200. The van der Waals surface area contributed by atoms with Crippen LogP contribution in [0.5, 0.6) is 0 Å². The lowest BCUT2D eigenvalue weighted by Crippen LogP contribution is -2.39. The van der Waals surface area contributed by atoms with Crippen molar-refractivity contribution in [2.75, 3.05) is 87.6 Å². The third-order valence-corrected chi connectivity index (χ3v) is 11.7. The number of nitrogens with zero attached hydrogens (tertiary/aromatic N) is 5. The Labute approximate surface area is 277 Å². The number of rotatable bonds is 0. The van der Waals surface area contributed by atoms with Gasteiger partial charge in [0.1, 0.15) is 0 Å². The molecule has 0 aromatic heterocycles. The minimum atomic E-state index is 0.939. The Balaban J connectivity index is 0.000000193. The largest absolute Gasteiger partial charge is 0.306 e. The topological polar surface area (TPSA) is 16.2 Å². The van der Waals surface area contributed by atoms with Gasteiger partial charge in [-0.05, 0) is 201 Å². The molecule has 0 saturated carbocycles. The van der Waals surface area contributed by atoms with Crippen LogP contribution < -0.4 is 0 Å². The molecule has 6 heterocycles. The molecule has 44 heavy (non-hydrogen) atoms. The van der Waals surface area contributed by atoms with Crippen molar-refractivity contribution in [1.29, 1.82) is 0 Å². The van der Waals surface area contributed by atoms with Gasteiger partial charge in [-0.3, -0.25) is 0 Å². The van der Waals surface area contributed by atoms with Crippen molar-refractivity contribution >= 4 is 0 Å². The fraction of sp³-hybridized carbons (Fsp3) is 1.00. The van der Waals surface area contributed by atoms with E-state index >= 15 is 0 Å². The first-order valence-electron chi connectivity index (χ1n) is 19.4. The third-order valence-electron chi connectivity index (χ3n) is 11.7. The average molecular weight is 620 g/mol. The Morgan fingerprint density at radius 1 is 0.341 bits per heavy atom. The number of hydrogen-bond donors (Lipinski definition) is 0. The van der Waals surface area contributed by atoms with Gasteiger partial charge >= 0.3 is 0 Å². The van der Waals surface area contributed by atoms with E-state index < -0.39 is 0 Å². The second kappa shape index (κ2) is 22.4. The van der Waals surface area contributed by atoms with E-state index in [4.69, 9.17) is 0 Å². The molecule has 0 N–H and O–H groups in total. The van der Waals surface area contributed by atoms with Crippen LogP contribution in [-0.4, -0.2) is 124 Å². The van der Waals surface area contributed by atoms with Gasteiger partial charge in [0, 0.05) is 18.6 Å². The fourth-order valence-corrected chi connectivity index (χ4v) is 8.06. The lowest BCUT2D eigenvalue weighted by atomic mass is 9.93. The van der Waals surface area contributed by atoms with Crippen LogP contribution in [0.1, 0.15) is 125 Å². The highest BCUT2D eigenvalue weighted by Gasteiger charge is 2.36. The molecule has 0 amide bonds. The van der Waals surface area contributed by atoms with Crippen LogP contribution in [0.3, 0.4) is 0 Å². The number of fused-ring (bicyclic) bond motifs is 2. The van der Waals surface area contributed by atoms with Crippen LogP contribution in [0.4, 0.5) is 0 Å². The van der Waals surface area contributed by atoms with Gasteiger partial charge in [-0.25, -0.2) is 0 Å². The van der Waals surface area contributed by atoms with Crippen molar-refractivity contribution in [3.63, 3.8) is 0 Å². The molecule has 262 valence electrons. The zero-order chi connectivity index (χ0) is 32.5. The first-order valence-corrected chi connectivity index (χ1v) is 19.4. The van der Waals surface area contributed by atoms with E-state index in [1.54, 1.807) is 0 Å². The van der Waals surface area contributed by atoms with E-state index in [0.29, 0.717) is 0 Å². The molecule has 0 aromatic carbocycles. The lowest BCUT2D eigenvalue weighted by Gasteiger charge is -2.34. The molecule has 2 bridgehead atoms. The van der Waals surface area contributed by atoms with E-state index in [2.05, 4.69) is 94.4 Å². The lowest BCUT2D eigenvalue weighted by molar-refractivity contribution is 0.142. The maximum absolute atomic E-state index is 2.60. The van der Waals surface area contributed by atoms with Crippen LogP contribution >= 0.6 is 0 Å². The minimum absolute atomic E-state index is 0.939. The molecule has 6 rings (SSSR count). The summed E-state index contributed by atoms with van der Waals surface area (Å²) in [5.41, 5.74) is 0. The van der Waals surface area contributed by atoms with Gasteiger partial charge in [0.05, 0.1) is 0 Å². The zero-order valence-electron chi connectivity index (χ0n) is 31.8. The second-order valence-corrected chi connectivity index (χ2v) is 16.8. The molecule has 5 nitrogen and oxygen atoms in total. The molecule has 6 saturated heterocycles. The summed E-state index contributed by atoms with van der Waals surface area (Å²) in [4.78, 5) is 12.3. The van der Waals surface area contributed by atoms with Crippen molar-refractivity contribution in [1.82, 2.24) is 24.5 Å². The van der Waals surface area contributed by atoms with Gasteiger partial charge in [0.25, 0.3) is 0 Å². The molecular formula is C39H81N5. The molecule has 5 heteroatoms. The van der Waals surface area contributed by atoms with Gasteiger partial charge in [-0.2, -0.15) is 0 Å². The highest BCUT2D eigenvalue weighted by atomic mass is 15.2. The Bertz CT molecular complexity index is 632. The number of hydrogen-bond acceptors (Lipinski definition) is 5. The summed E-state index contributed by atoms with van der Waals surface area (Å²) in [6.07, 6.45) is 19.9. The summed E-state index contributed by atoms with van der Waals surface area (Å²) in [5.74, 6) is 4.87. The summed E-state index contributed by atoms with van der Waals surface area (Å²) in [5, 5.41) is 0. The van der Waals surface area contributed by atoms with Crippen LogP contribution in [0, 0.1) is 29.6 Å². The summed E-state index contributed by atoms with van der Waals surface area (Å²) in [6, 6.07) is 1.88. The molecule has 0 aliphatic carbocycles. The summed E-state index contributed by atoms with van der Waals surface area (Å²) < 4.78 is 0. The van der Waals surface area contributed by atoms with E-state index in [-0.39, 0.29) is 0 Å². The maximum atomic E-state index is 2.60. The molecule has 4 unspecified atom stereocenters. The van der Waals surface area contributed by atoms with Gasteiger partial charge in [0.15, 0.2) is 0 Å². The van der Waals surface area contributed by atoms with Crippen molar-refractivity contribution in [2.45, 2.75) is 137 Å². The Kier molecular flexibility index (Phi) is 20.3. The fourth-order valence-electron chi connectivity index (χ4n) is 8.06. The summed E-state index contributed by atoms with van der Waals surface area (Å²) in [6.45, 7) is 22.3. The molecule has 0 aromatic rings. The molecule has 4 atom stereocenters. The molecular weight excluding hydrogens is 538 g/mol. The first-order chi connectivity index (χ1) is 20.9. The summed E-state index contributed by atoms with van der Waals surface area (Å²) >= 11 is 0. The highest BCUT2D eigenvalue weighted by molar-refractivity contribution is 4.91. The van der Waals surface area contributed by atoms with Crippen LogP contribution in [0.2, 0.25) is 0 Å². The van der Waals surface area contributed by atoms with Crippen LogP contribution in [0.25, 0.3) is 0 Å². The standard InChI is InChI=1S/C9H17N.C9H19N.C8H17N.C7H15N.C6H13N/c1-7-5-8-3-4-9(6-7)10(8)2;1-9-5-3-7-10(2)8-4-6-9;1-8-4-3-6-9(2)7-5-8;1-7-3-5-8(2)6-4-7;1-6-3-4-7(2)5-6/h7-9H,3-6H2,1-2H3;9H,3-8H2,1-2H3;8H,3-7H2,1-2H3;7H,3-6H2,1-2H3;6H,3-5H2,1-2H3. The van der Waals surface area contributed by atoms with Crippen molar-refractivity contribution in [2.24, 2.45) is 29.6 Å². The zero-order valence-corrected chi connectivity index (χ0v) is 31.8. The predicted octanol–water partition coefficient (Wildman–Crippen LogP) is 8.05. The maximum Gasteiger partial charge on any atom is 0.00982 e. The third kappa shape index (κ3) is 17.6. The highest BCUT2D eigenvalue weighted by Crippen LogP contribution is 2.36. The van der Waals surface area contributed by atoms with Gasteiger partial charge in [-0.15, -0.1) is 0 Å². The second-order valence-electron chi connectivity index (χ2n) is 16.8. The molecule has 0 radical (unpaired) electrons. The number of likely N-dealkylation sites (tertiary alicyclic amines) is 4. The Morgan fingerprint density at radius 2 is 0.682 bits per heavy atom. The van der Waals surface area contributed by atoms with Crippen LogP contribution in [0.15, 0.2) is 0 Å². The minimum Gasteiger partial charge on any atom is -0.306 e. The molecule has 6 fully saturated rings. The SMILES string of the molecule is CC1CC2CCC(C1)N2C.CC1CCCN(C)CC1.CC1CCCN(C)CCC1.CC1CCN(C)C1.CC1CCN(C)CC1. The average Bonchev–Trinajstić information content (AvgIpc) is 3.35. The van der Waals surface area contributed by atoms with E-state index in [1.807, 2.05) is 0 Å². The van der Waals surface area contributed by atoms with Gasteiger partial charge in [-0.1, -0.05) is 34.6 Å². The Morgan fingerprint density at radius 3 is 1.07 bits per heavy atom. The normalized spacial score (nSPS) is 33.5. The quantitative estimate of drug-likeness (QED) is 0.272. The van der Waals surface area contributed by atoms with E-state index in [9.17, 15) is 0 Å². The van der Waals surface area contributed by atoms with Gasteiger partial charge < -0.3 is 24.5 Å². The molecule has 6 aliphatic heterocycles. The first kappa shape index (κ1) is 40.0. The molecule has 6 aliphatic rings. The van der Waals surface area contributed by atoms with E-state index in [1.165, 1.54) is 142 Å². The number of piperidine rings is 2. The van der Waals surface area contributed by atoms with E-state index in [0.717, 1.165) is 41.7 Å². The smallest absolute Gasteiger partial charge is 0.00982 e. The monoisotopic (exact) mass is 620 g/mol. The summed E-state index contributed by atoms with van der Waals surface area (Å²) in [7, 11) is 11.1. The molecule has 0 spiro atoms. The van der Waals surface area contributed by atoms with Crippen molar-refractivity contribution in [3.05, 3.63) is 0 Å². The predicted molar refractivity (Wildman–Crippen MR) is 196 cm³/mol. The van der Waals surface area contributed by atoms with Gasteiger partial charge in [0.2, 0.25) is 0 Å². The van der Waals surface area contributed by atoms with Crippen LogP contribution in [-0.2, 0) is 0 Å².